The standard InChI is InChI=1S/C25H22Cl2N2OS2/c26-20-10-6-11-21(27)19(20)15-28-14-16(18-9-4-5-12-22(18)28)13-23-24(30)29(25(31)32-23)17-7-2-1-3-8-17/h4-6,9-14,17H,1-3,7-8,15H2/b23-13+. The van der Waals surface area contributed by atoms with E-state index in [-0.39, 0.29) is 11.9 Å². The first-order valence-electron chi connectivity index (χ1n) is 10.8. The second-order valence-electron chi connectivity index (χ2n) is 8.27. The minimum absolute atomic E-state index is 0.0397. The number of benzene rings is 2. The molecule has 1 amide bonds. The Kier molecular flexibility index (Phi) is 6.35. The van der Waals surface area contributed by atoms with Gasteiger partial charge in [0, 0.05) is 44.3 Å². The van der Waals surface area contributed by atoms with Gasteiger partial charge in [0.1, 0.15) is 4.32 Å². The Morgan fingerprint density at radius 3 is 2.50 bits per heavy atom. The molecule has 2 heterocycles. The molecule has 2 aliphatic rings. The largest absolute Gasteiger partial charge is 0.342 e. The normalized spacial score (nSPS) is 18.9. The first-order chi connectivity index (χ1) is 15.5. The van der Waals surface area contributed by atoms with E-state index in [0.717, 1.165) is 34.9 Å². The van der Waals surface area contributed by atoms with Gasteiger partial charge in [0.05, 0.1) is 11.4 Å². The maximum Gasteiger partial charge on any atom is 0.266 e. The number of thiocarbonyl (C=S) groups is 1. The average molecular weight is 502 g/mol. The molecule has 1 saturated heterocycles. The van der Waals surface area contributed by atoms with E-state index >= 15 is 0 Å². The van der Waals surface area contributed by atoms with Gasteiger partial charge in [0.2, 0.25) is 0 Å². The second kappa shape index (κ2) is 9.22. The Morgan fingerprint density at radius 2 is 1.75 bits per heavy atom. The van der Waals surface area contributed by atoms with Crippen molar-refractivity contribution in [2.45, 2.75) is 44.7 Å². The fraction of sp³-hybridized carbons (Fsp3) is 0.280. The molecule has 32 heavy (non-hydrogen) atoms. The zero-order valence-corrected chi connectivity index (χ0v) is 20.5. The predicted octanol–water partition coefficient (Wildman–Crippen LogP) is 7.53. The summed E-state index contributed by atoms with van der Waals surface area (Å²) in [7, 11) is 0. The fourth-order valence-electron chi connectivity index (χ4n) is 4.65. The van der Waals surface area contributed by atoms with Gasteiger partial charge >= 0.3 is 0 Å². The first-order valence-corrected chi connectivity index (χ1v) is 12.8. The Morgan fingerprint density at radius 1 is 1.03 bits per heavy atom. The van der Waals surface area contributed by atoms with Crippen LogP contribution in [0.15, 0.2) is 53.6 Å². The van der Waals surface area contributed by atoms with Crippen molar-refractivity contribution in [2.75, 3.05) is 0 Å². The van der Waals surface area contributed by atoms with Crippen molar-refractivity contribution >= 4 is 74.4 Å². The van der Waals surface area contributed by atoms with Crippen LogP contribution < -0.4 is 0 Å². The summed E-state index contributed by atoms with van der Waals surface area (Å²) in [5.41, 5.74) is 2.94. The van der Waals surface area contributed by atoms with Crippen LogP contribution in [0.25, 0.3) is 17.0 Å². The molecule has 0 N–H and O–H groups in total. The van der Waals surface area contributed by atoms with Crippen molar-refractivity contribution in [3.05, 3.63) is 74.7 Å². The lowest BCUT2D eigenvalue weighted by atomic mass is 9.94. The van der Waals surface area contributed by atoms with Gasteiger partial charge < -0.3 is 4.57 Å². The van der Waals surface area contributed by atoms with Gasteiger partial charge in [-0.25, -0.2) is 0 Å². The number of hydrogen-bond donors (Lipinski definition) is 0. The van der Waals surface area contributed by atoms with Crippen LogP contribution in [-0.4, -0.2) is 25.7 Å². The topological polar surface area (TPSA) is 25.2 Å². The van der Waals surface area contributed by atoms with E-state index in [1.807, 2.05) is 41.3 Å². The van der Waals surface area contributed by atoms with E-state index in [9.17, 15) is 4.79 Å². The third kappa shape index (κ3) is 4.12. The number of amides is 1. The van der Waals surface area contributed by atoms with E-state index in [1.54, 1.807) is 0 Å². The Bertz CT molecular complexity index is 1220. The summed E-state index contributed by atoms with van der Waals surface area (Å²) in [6, 6.07) is 14.0. The molecule has 2 fully saturated rings. The molecular formula is C25H22Cl2N2OS2. The summed E-state index contributed by atoms with van der Waals surface area (Å²) in [6.07, 6.45) is 9.70. The van der Waals surface area contributed by atoms with Crippen LogP contribution in [0.2, 0.25) is 10.0 Å². The molecule has 1 aliphatic carbocycles. The van der Waals surface area contributed by atoms with Gasteiger partial charge in [-0.2, -0.15) is 0 Å². The fourth-order valence-corrected chi connectivity index (χ4v) is 6.56. The van der Waals surface area contributed by atoms with E-state index in [2.05, 4.69) is 22.9 Å². The first kappa shape index (κ1) is 22.0. The molecule has 7 heteroatoms. The van der Waals surface area contributed by atoms with Crippen molar-refractivity contribution in [1.29, 1.82) is 0 Å². The average Bonchev–Trinajstić information content (AvgIpc) is 3.28. The Hall–Kier alpha value is -1.79. The highest BCUT2D eigenvalue weighted by Gasteiger charge is 2.37. The van der Waals surface area contributed by atoms with Crippen molar-refractivity contribution in [1.82, 2.24) is 9.47 Å². The summed E-state index contributed by atoms with van der Waals surface area (Å²) < 4.78 is 2.82. The van der Waals surface area contributed by atoms with Crippen LogP contribution in [0.4, 0.5) is 0 Å². The minimum atomic E-state index is 0.0397. The van der Waals surface area contributed by atoms with E-state index in [0.29, 0.717) is 25.8 Å². The smallest absolute Gasteiger partial charge is 0.266 e. The number of hydrogen-bond acceptors (Lipinski definition) is 3. The molecule has 1 saturated carbocycles. The summed E-state index contributed by atoms with van der Waals surface area (Å²) in [6.45, 7) is 0.551. The minimum Gasteiger partial charge on any atom is -0.342 e. The lowest BCUT2D eigenvalue weighted by molar-refractivity contribution is -0.124. The van der Waals surface area contributed by atoms with Gasteiger partial charge in [0.15, 0.2) is 0 Å². The number of carbonyl (C=O) groups excluding carboxylic acids is 1. The summed E-state index contributed by atoms with van der Waals surface area (Å²) in [5, 5.41) is 2.37. The number of carbonyl (C=O) groups is 1. The molecule has 1 aliphatic heterocycles. The van der Waals surface area contributed by atoms with Gasteiger partial charge in [-0.3, -0.25) is 9.69 Å². The lowest BCUT2D eigenvalue weighted by Gasteiger charge is -2.29. The van der Waals surface area contributed by atoms with Gasteiger partial charge in [-0.05, 0) is 37.1 Å². The number of nitrogens with zero attached hydrogens (tertiary/aromatic N) is 2. The number of aromatic nitrogens is 1. The summed E-state index contributed by atoms with van der Waals surface area (Å²) in [5.74, 6) is 0.0397. The molecule has 0 spiro atoms. The molecule has 3 nitrogen and oxygen atoms in total. The van der Waals surface area contributed by atoms with Gasteiger partial charge in [-0.15, -0.1) is 0 Å². The SMILES string of the molecule is O=C1/C(=C\c2cn(Cc3c(Cl)cccc3Cl)c3ccccc23)SC(=S)N1C1CCCCC1. The highest BCUT2D eigenvalue weighted by atomic mass is 35.5. The zero-order chi connectivity index (χ0) is 22.2. The molecule has 0 radical (unpaired) electrons. The Balaban J connectivity index is 1.51. The van der Waals surface area contributed by atoms with E-state index < -0.39 is 0 Å². The van der Waals surface area contributed by atoms with Gasteiger partial charge in [0.25, 0.3) is 5.91 Å². The maximum atomic E-state index is 13.3. The molecule has 3 aromatic rings. The van der Waals surface area contributed by atoms with Crippen molar-refractivity contribution in [2.24, 2.45) is 0 Å². The number of para-hydroxylation sites is 1. The quantitative estimate of drug-likeness (QED) is 0.273. The number of halogens is 2. The summed E-state index contributed by atoms with van der Waals surface area (Å²) >= 11 is 19.9. The molecule has 5 rings (SSSR count). The highest BCUT2D eigenvalue weighted by molar-refractivity contribution is 8.26. The predicted molar refractivity (Wildman–Crippen MR) is 139 cm³/mol. The van der Waals surface area contributed by atoms with E-state index in [4.69, 9.17) is 35.4 Å². The number of fused-ring (bicyclic) bond motifs is 1. The van der Waals surface area contributed by atoms with Crippen LogP contribution in [0.5, 0.6) is 0 Å². The molecule has 2 aromatic carbocycles. The molecule has 0 unspecified atom stereocenters. The molecule has 1 aromatic heterocycles. The Labute approximate surface area is 207 Å². The zero-order valence-electron chi connectivity index (χ0n) is 17.4. The van der Waals surface area contributed by atoms with Crippen LogP contribution >= 0.6 is 47.2 Å². The van der Waals surface area contributed by atoms with Crippen LogP contribution in [0.1, 0.15) is 43.2 Å². The number of thioether (sulfide) groups is 1. The summed E-state index contributed by atoms with van der Waals surface area (Å²) in [4.78, 5) is 15.8. The van der Waals surface area contributed by atoms with Crippen molar-refractivity contribution < 1.29 is 4.79 Å². The third-order valence-electron chi connectivity index (χ3n) is 6.26. The van der Waals surface area contributed by atoms with Crippen LogP contribution in [0.3, 0.4) is 0 Å². The monoisotopic (exact) mass is 500 g/mol. The molecule has 164 valence electrons. The maximum absolute atomic E-state index is 13.3. The molecular weight excluding hydrogens is 479 g/mol. The van der Waals surface area contributed by atoms with Crippen LogP contribution in [-0.2, 0) is 11.3 Å². The molecule has 0 atom stereocenters. The third-order valence-corrected chi connectivity index (χ3v) is 8.30. The van der Waals surface area contributed by atoms with Gasteiger partial charge in [-0.1, -0.05) is 90.7 Å². The van der Waals surface area contributed by atoms with Crippen molar-refractivity contribution in [3.63, 3.8) is 0 Å². The van der Waals surface area contributed by atoms with Crippen molar-refractivity contribution in [3.8, 4) is 0 Å². The lowest BCUT2D eigenvalue weighted by Crippen LogP contribution is -2.39. The van der Waals surface area contributed by atoms with E-state index in [1.165, 1.54) is 31.0 Å². The van der Waals surface area contributed by atoms with Crippen LogP contribution in [0, 0.1) is 0 Å². The highest BCUT2D eigenvalue weighted by Crippen LogP contribution is 2.38. The molecule has 0 bridgehead atoms. The second-order valence-corrected chi connectivity index (χ2v) is 10.8. The number of rotatable bonds is 4.